The van der Waals surface area contributed by atoms with Gasteiger partial charge in [-0.1, -0.05) is 0 Å². The molecule has 0 unspecified atom stereocenters. The van der Waals surface area contributed by atoms with Crippen molar-refractivity contribution in [2.24, 2.45) is 5.73 Å². The third-order valence-electron chi connectivity index (χ3n) is 2.40. The van der Waals surface area contributed by atoms with Gasteiger partial charge in [0.15, 0.2) is 0 Å². The van der Waals surface area contributed by atoms with Gasteiger partial charge in [-0.05, 0) is 30.7 Å². The van der Waals surface area contributed by atoms with Gasteiger partial charge in [0.2, 0.25) is 0 Å². The number of nitrogens with two attached hydrogens (primary N) is 1. The Kier molecular flexibility index (Phi) is 2.60. The molecule has 1 heterocycles. The summed E-state index contributed by atoms with van der Waals surface area (Å²) in [6, 6.07) is 5.55. The van der Waals surface area contributed by atoms with Crippen LogP contribution in [0.1, 0.15) is 11.1 Å². The Morgan fingerprint density at radius 3 is 2.73 bits per heavy atom. The predicted molar refractivity (Wildman–Crippen MR) is 57.4 cm³/mol. The van der Waals surface area contributed by atoms with E-state index in [1.807, 2.05) is 25.1 Å². The molecule has 4 heteroatoms. The molecule has 1 aromatic rings. The number of hydrogen-bond donors (Lipinski definition) is 2. The number of ether oxygens (including phenoxy) is 2. The normalized spacial score (nSPS) is 15.8. The second kappa shape index (κ2) is 3.90. The first-order valence-corrected chi connectivity index (χ1v) is 4.86. The van der Waals surface area contributed by atoms with E-state index in [0.717, 1.165) is 16.9 Å². The first-order chi connectivity index (χ1) is 7.16. The van der Waals surface area contributed by atoms with Crippen LogP contribution in [0.4, 0.5) is 0 Å². The smallest absolute Gasteiger partial charge is 0.145 e. The Hall–Kier alpha value is -1.55. The predicted octanol–water partition coefficient (Wildman–Crippen LogP) is 1.06. The lowest BCUT2D eigenvalue weighted by Crippen LogP contribution is -2.38. The molecule has 1 aliphatic rings. The first-order valence-electron chi connectivity index (χ1n) is 4.86. The van der Waals surface area contributed by atoms with Gasteiger partial charge in [-0.3, -0.25) is 5.41 Å². The molecule has 0 spiro atoms. The second-order valence-electron chi connectivity index (χ2n) is 3.67. The summed E-state index contributed by atoms with van der Waals surface area (Å²) in [6.45, 7) is 3.24. The van der Waals surface area contributed by atoms with E-state index < -0.39 is 0 Å². The van der Waals surface area contributed by atoms with Crippen molar-refractivity contribution in [1.82, 2.24) is 0 Å². The van der Waals surface area contributed by atoms with Gasteiger partial charge >= 0.3 is 0 Å². The molecule has 0 bridgehead atoms. The van der Waals surface area contributed by atoms with Crippen molar-refractivity contribution in [2.75, 3.05) is 13.2 Å². The maximum atomic E-state index is 7.35. The van der Waals surface area contributed by atoms with E-state index >= 15 is 0 Å². The van der Waals surface area contributed by atoms with E-state index in [1.165, 1.54) is 0 Å². The highest BCUT2D eigenvalue weighted by molar-refractivity contribution is 5.96. The molecule has 15 heavy (non-hydrogen) atoms. The molecule has 0 saturated carbocycles. The zero-order chi connectivity index (χ0) is 10.8. The maximum Gasteiger partial charge on any atom is 0.145 e. The van der Waals surface area contributed by atoms with Crippen LogP contribution in [0.3, 0.4) is 0 Å². The first kappa shape index (κ1) is 9.98. The summed E-state index contributed by atoms with van der Waals surface area (Å²) < 4.78 is 10.6. The third-order valence-corrected chi connectivity index (χ3v) is 2.40. The number of hydrogen-bond acceptors (Lipinski definition) is 3. The van der Waals surface area contributed by atoms with Crippen LogP contribution in [-0.2, 0) is 4.74 Å². The fourth-order valence-electron chi connectivity index (χ4n) is 1.49. The largest absolute Gasteiger partial charge is 0.486 e. The summed E-state index contributed by atoms with van der Waals surface area (Å²) in [6.07, 6.45) is 0.174. The van der Waals surface area contributed by atoms with Gasteiger partial charge in [0.1, 0.15) is 17.7 Å². The topological polar surface area (TPSA) is 68.3 Å². The van der Waals surface area contributed by atoms with Gasteiger partial charge in [0.05, 0.1) is 13.2 Å². The van der Waals surface area contributed by atoms with Crippen molar-refractivity contribution in [3.05, 3.63) is 29.3 Å². The van der Waals surface area contributed by atoms with Crippen LogP contribution in [0.15, 0.2) is 18.2 Å². The van der Waals surface area contributed by atoms with E-state index in [0.29, 0.717) is 13.2 Å². The van der Waals surface area contributed by atoms with Crippen LogP contribution in [-0.4, -0.2) is 25.2 Å². The molecule has 4 nitrogen and oxygen atoms in total. The highest BCUT2D eigenvalue weighted by Crippen LogP contribution is 2.19. The Balaban J connectivity index is 2.13. The molecule has 1 aliphatic heterocycles. The van der Waals surface area contributed by atoms with Crippen molar-refractivity contribution in [1.29, 1.82) is 5.41 Å². The van der Waals surface area contributed by atoms with E-state index in [-0.39, 0.29) is 11.9 Å². The number of amidine groups is 1. The lowest BCUT2D eigenvalue weighted by Gasteiger charge is -2.26. The average molecular weight is 206 g/mol. The monoisotopic (exact) mass is 206 g/mol. The molecule has 0 amide bonds. The summed E-state index contributed by atoms with van der Waals surface area (Å²) >= 11 is 0. The van der Waals surface area contributed by atoms with Gasteiger partial charge < -0.3 is 15.2 Å². The van der Waals surface area contributed by atoms with Gasteiger partial charge in [-0.25, -0.2) is 0 Å². The van der Waals surface area contributed by atoms with Crippen LogP contribution in [0.25, 0.3) is 0 Å². The van der Waals surface area contributed by atoms with Crippen molar-refractivity contribution in [3.63, 3.8) is 0 Å². The van der Waals surface area contributed by atoms with Crippen LogP contribution in [0.2, 0.25) is 0 Å². The van der Waals surface area contributed by atoms with Crippen LogP contribution < -0.4 is 10.5 Å². The Labute approximate surface area is 88.5 Å². The number of nitrogens with one attached hydrogen (secondary N) is 1. The molecular formula is C11H14N2O2. The summed E-state index contributed by atoms with van der Waals surface area (Å²) in [5, 5.41) is 7.35. The summed E-state index contributed by atoms with van der Waals surface area (Å²) in [7, 11) is 0. The van der Waals surface area contributed by atoms with Crippen LogP contribution >= 0.6 is 0 Å². The molecule has 1 saturated heterocycles. The molecular weight excluding hydrogens is 192 g/mol. The van der Waals surface area contributed by atoms with Gasteiger partial charge in [-0.2, -0.15) is 0 Å². The molecule has 1 aromatic carbocycles. The Morgan fingerprint density at radius 1 is 1.53 bits per heavy atom. The standard InChI is InChI=1S/C11H14N2O2/c1-7-4-8(15-9-5-14-6-9)2-3-10(7)11(12)13/h2-4,9H,5-6H2,1H3,(H3,12,13). The number of rotatable bonds is 3. The fraction of sp³-hybridized carbons (Fsp3) is 0.364. The maximum absolute atomic E-state index is 7.35. The zero-order valence-corrected chi connectivity index (χ0v) is 8.62. The molecule has 0 aliphatic carbocycles. The lowest BCUT2D eigenvalue weighted by atomic mass is 10.1. The minimum Gasteiger partial charge on any atom is -0.486 e. The molecule has 0 aromatic heterocycles. The minimum atomic E-state index is 0.0889. The highest BCUT2D eigenvalue weighted by Gasteiger charge is 2.20. The second-order valence-corrected chi connectivity index (χ2v) is 3.67. The lowest BCUT2D eigenvalue weighted by molar-refractivity contribution is -0.0796. The quantitative estimate of drug-likeness (QED) is 0.574. The average Bonchev–Trinajstić information content (AvgIpc) is 2.11. The SMILES string of the molecule is Cc1cc(OC2COC2)ccc1C(=N)N. The van der Waals surface area contributed by atoms with E-state index in [1.54, 1.807) is 0 Å². The molecule has 0 atom stereocenters. The summed E-state index contributed by atoms with van der Waals surface area (Å²) in [4.78, 5) is 0. The molecule has 3 N–H and O–H groups in total. The van der Waals surface area contributed by atoms with Crippen molar-refractivity contribution >= 4 is 5.84 Å². The zero-order valence-electron chi connectivity index (χ0n) is 8.62. The van der Waals surface area contributed by atoms with Crippen molar-refractivity contribution in [3.8, 4) is 5.75 Å². The number of nitrogen functional groups attached to an aromatic ring is 1. The van der Waals surface area contributed by atoms with Gasteiger partial charge in [0, 0.05) is 5.56 Å². The Bertz CT molecular complexity index is 386. The minimum absolute atomic E-state index is 0.0889. The van der Waals surface area contributed by atoms with Crippen molar-refractivity contribution < 1.29 is 9.47 Å². The molecule has 1 fully saturated rings. The fourth-order valence-corrected chi connectivity index (χ4v) is 1.49. The van der Waals surface area contributed by atoms with E-state index in [2.05, 4.69) is 0 Å². The Morgan fingerprint density at radius 2 is 2.27 bits per heavy atom. The van der Waals surface area contributed by atoms with Crippen molar-refractivity contribution in [2.45, 2.75) is 13.0 Å². The van der Waals surface area contributed by atoms with Gasteiger partial charge in [-0.15, -0.1) is 0 Å². The van der Waals surface area contributed by atoms with Crippen LogP contribution in [0, 0.1) is 12.3 Å². The summed E-state index contributed by atoms with van der Waals surface area (Å²) in [5.74, 6) is 0.900. The molecule has 80 valence electrons. The molecule has 0 radical (unpaired) electrons. The van der Waals surface area contributed by atoms with E-state index in [4.69, 9.17) is 20.6 Å². The third kappa shape index (κ3) is 2.10. The van der Waals surface area contributed by atoms with E-state index in [9.17, 15) is 0 Å². The molecule has 2 rings (SSSR count). The van der Waals surface area contributed by atoms with Crippen LogP contribution in [0.5, 0.6) is 5.75 Å². The summed E-state index contributed by atoms with van der Waals surface area (Å²) in [5.41, 5.74) is 7.14. The highest BCUT2D eigenvalue weighted by atomic mass is 16.6. The number of benzene rings is 1. The van der Waals surface area contributed by atoms with Gasteiger partial charge in [0.25, 0.3) is 0 Å². The number of aryl methyl sites for hydroxylation is 1.